The van der Waals surface area contributed by atoms with E-state index in [2.05, 4.69) is 21.2 Å². The fourth-order valence-corrected chi connectivity index (χ4v) is 6.00. The highest BCUT2D eigenvalue weighted by Gasteiger charge is 2.26. The van der Waals surface area contributed by atoms with Crippen LogP contribution in [0.25, 0.3) is 0 Å². The number of rotatable bonds is 17. The Hall–Kier alpha value is -1.98. The molecule has 2 unspecified atom stereocenters. The van der Waals surface area contributed by atoms with Crippen molar-refractivity contribution < 1.29 is 22.7 Å². The van der Waals surface area contributed by atoms with Gasteiger partial charge in [0.1, 0.15) is 11.9 Å². The largest absolute Gasteiger partial charge is 0.497 e. The quantitative estimate of drug-likeness (QED) is 0.266. The number of ether oxygens (including phenoxy) is 2. The summed E-state index contributed by atoms with van der Waals surface area (Å²) in [5.74, 6) is -0.0964. The second-order valence-electron chi connectivity index (χ2n) is 8.97. The highest BCUT2D eigenvalue weighted by atomic mass is 79.9. The first-order valence-corrected chi connectivity index (χ1v) is 15.1. The molecule has 2 aromatic rings. The first-order valence-electron chi connectivity index (χ1n) is 12.7. The van der Waals surface area contributed by atoms with Crippen LogP contribution in [0.3, 0.4) is 0 Å². The van der Waals surface area contributed by atoms with Crippen molar-refractivity contribution in [2.24, 2.45) is 5.73 Å². The molecule has 2 atom stereocenters. The van der Waals surface area contributed by atoms with Gasteiger partial charge in [0.25, 0.3) is 0 Å². The van der Waals surface area contributed by atoms with Crippen molar-refractivity contribution in [3.8, 4) is 5.75 Å². The third-order valence-corrected chi connectivity index (χ3v) is 8.20. The van der Waals surface area contributed by atoms with Gasteiger partial charge in [0.15, 0.2) is 0 Å². The van der Waals surface area contributed by atoms with Gasteiger partial charge in [-0.2, -0.15) is 0 Å². The molecule has 0 saturated heterocycles. The summed E-state index contributed by atoms with van der Waals surface area (Å²) in [4.78, 5) is 12.8. The molecule has 0 aliphatic carbocycles. The van der Waals surface area contributed by atoms with Crippen LogP contribution in [-0.2, 0) is 32.5 Å². The SMILES string of the molecule is CCCN(CCC)S(=O)(=O)CCC(=O)OC(CNCc1cccc(OC)c1)C(N)Cc1cccc(Br)c1. The lowest BCUT2D eigenvalue weighted by Crippen LogP contribution is -2.46. The molecule has 2 rings (SSSR count). The van der Waals surface area contributed by atoms with E-state index in [9.17, 15) is 13.2 Å². The fourth-order valence-electron chi connectivity index (χ4n) is 3.95. The molecule has 37 heavy (non-hydrogen) atoms. The number of nitrogens with two attached hydrogens (primary N) is 1. The molecule has 0 heterocycles. The van der Waals surface area contributed by atoms with Gasteiger partial charge in [-0.1, -0.05) is 54.0 Å². The van der Waals surface area contributed by atoms with Crippen LogP contribution >= 0.6 is 15.9 Å². The van der Waals surface area contributed by atoms with E-state index in [0.29, 0.717) is 32.6 Å². The number of halogens is 1. The van der Waals surface area contributed by atoms with E-state index in [1.807, 2.05) is 62.4 Å². The van der Waals surface area contributed by atoms with Crippen molar-refractivity contribution in [3.05, 3.63) is 64.1 Å². The van der Waals surface area contributed by atoms with Crippen LogP contribution in [0.4, 0.5) is 0 Å². The Bertz CT molecular complexity index is 1080. The zero-order valence-corrected chi connectivity index (χ0v) is 24.4. The fraction of sp³-hybridized carbons (Fsp3) is 0.519. The average Bonchev–Trinajstić information content (AvgIpc) is 2.87. The van der Waals surface area contributed by atoms with Gasteiger partial charge >= 0.3 is 5.97 Å². The molecule has 2 aromatic carbocycles. The van der Waals surface area contributed by atoms with Crippen LogP contribution in [-0.4, -0.2) is 63.3 Å². The van der Waals surface area contributed by atoms with Gasteiger partial charge in [-0.3, -0.25) is 4.79 Å². The molecule has 0 radical (unpaired) electrons. The Morgan fingerprint density at radius 2 is 1.76 bits per heavy atom. The maximum atomic E-state index is 12.8. The molecule has 8 nitrogen and oxygen atoms in total. The summed E-state index contributed by atoms with van der Waals surface area (Å²) in [5, 5.41) is 3.31. The molecule has 0 fully saturated rings. The topological polar surface area (TPSA) is 111 Å². The monoisotopic (exact) mass is 597 g/mol. The first kappa shape index (κ1) is 31.2. The van der Waals surface area contributed by atoms with Gasteiger partial charge in [-0.25, -0.2) is 12.7 Å². The molecule has 206 valence electrons. The summed E-state index contributed by atoms with van der Waals surface area (Å²) in [6, 6.07) is 15.0. The van der Waals surface area contributed by atoms with Gasteiger partial charge in [-0.15, -0.1) is 0 Å². The molecule has 0 aliphatic heterocycles. The summed E-state index contributed by atoms with van der Waals surface area (Å²) in [6.45, 7) is 5.61. The number of carbonyl (C=O) groups excluding carboxylic acids is 1. The number of sulfonamides is 1. The van der Waals surface area contributed by atoms with E-state index in [1.165, 1.54) is 4.31 Å². The van der Waals surface area contributed by atoms with E-state index >= 15 is 0 Å². The molecule has 0 aliphatic rings. The van der Waals surface area contributed by atoms with Gasteiger partial charge in [-0.05, 0) is 54.7 Å². The second-order valence-corrected chi connectivity index (χ2v) is 12.0. The smallest absolute Gasteiger partial charge is 0.307 e. The number of carbonyl (C=O) groups is 1. The predicted octanol–water partition coefficient (Wildman–Crippen LogP) is 3.87. The Morgan fingerprint density at radius 1 is 1.08 bits per heavy atom. The Morgan fingerprint density at radius 3 is 2.41 bits per heavy atom. The Balaban J connectivity index is 2.04. The van der Waals surface area contributed by atoms with Crippen molar-refractivity contribution in [2.45, 2.75) is 58.2 Å². The zero-order valence-electron chi connectivity index (χ0n) is 22.0. The molecule has 0 amide bonds. The molecular weight excluding hydrogens is 558 g/mol. The summed E-state index contributed by atoms with van der Waals surface area (Å²) >= 11 is 3.47. The van der Waals surface area contributed by atoms with Gasteiger partial charge in [0.2, 0.25) is 10.0 Å². The van der Waals surface area contributed by atoms with E-state index in [-0.39, 0.29) is 12.2 Å². The van der Waals surface area contributed by atoms with E-state index in [0.717, 1.165) is 34.2 Å². The number of benzene rings is 2. The maximum Gasteiger partial charge on any atom is 0.307 e. The number of nitrogens with one attached hydrogen (secondary N) is 1. The number of esters is 1. The van der Waals surface area contributed by atoms with Gasteiger partial charge in [0.05, 0.1) is 19.3 Å². The molecule has 10 heteroatoms. The average molecular weight is 599 g/mol. The minimum absolute atomic E-state index is 0.220. The van der Waals surface area contributed by atoms with Gasteiger partial charge in [0, 0.05) is 36.7 Å². The molecule has 3 N–H and O–H groups in total. The van der Waals surface area contributed by atoms with Crippen LogP contribution in [0.1, 0.15) is 44.2 Å². The standard InChI is InChI=1S/C27H40BrN3O5S/c1-4-13-31(14-5-2)37(33,34)15-12-27(32)36-26(25(29)18-21-8-6-10-23(28)16-21)20-30-19-22-9-7-11-24(17-22)35-3/h6-11,16-17,25-26,30H,4-5,12-15,18-20,29H2,1-3H3. The Labute approximate surface area is 230 Å². The van der Waals surface area contributed by atoms with Crippen LogP contribution in [0.15, 0.2) is 53.0 Å². The minimum atomic E-state index is -3.54. The molecular formula is C27H40BrN3O5S. The molecule has 0 bridgehead atoms. The van der Waals surface area contributed by atoms with E-state index in [1.54, 1.807) is 7.11 Å². The number of hydrogen-bond acceptors (Lipinski definition) is 7. The second kappa shape index (κ2) is 16.1. The Kier molecular flexibility index (Phi) is 13.6. The maximum absolute atomic E-state index is 12.8. The van der Waals surface area contributed by atoms with Crippen molar-refractivity contribution in [1.82, 2.24) is 9.62 Å². The van der Waals surface area contributed by atoms with Crippen molar-refractivity contribution in [1.29, 1.82) is 0 Å². The normalized spacial score (nSPS) is 13.4. The van der Waals surface area contributed by atoms with Crippen molar-refractivity contribution in [2.75, 3.05) is 32.5 Å². The highest BCUT2D eigenvalue weighted by molar-refractivity contribution is 9.10. The minimum Gasteiger partial charge on any atom is -0.497 e. The predicted molar refractivity (Wildman–Crippen MR) is 151 cm³/mol. The lowest BCUT2D eigenvalue weighted by atomic mass is 10.0. The summed E-state index contributed by atoms with van der Waals surface area (Å²) in [7, 11) is -1.92. The summed E-state index contributed by atoms with van der Waals surface area (Å²) < 4.78 is 38.9. The van der Waals surface area contributed by atoms with Crippen LogP contribution in [0, 0.1) is 0 Å². The molecule has 0 aromatic heterocycles. The number of methoxy groups -OCH3 is 1. The van der Waals surface area contributed by atoms with Crippen LogP contribution in [0.5, 0.6) is 5.75 Å². The van der Waals surface area contributed by atoms with Crippen molar-refractivity contribution >= 4 is 31.9 Å². The van der Waals surface area contributed by atoms with Gasteiger partial charge < -0.3 is 20.5 Å². The van der Waals surface area contributed by atoms with E-state index in [4.69, 9.17) is 15.2 Å². The van der Waals surface area contributed by atoms with E-state index < -0.39 is 28.1 Å². The first-order chi connectivity index (χ1) is 17.7. The summed E-state index contributed by atoms with van der Waals surface area (Å²) in [6.07, 6.45) is 1.08. The lowest BCUT2D eigenvalue weighted by molar-refractivity contribution is -0.149. The third kappa shape index (κ3) is 11.1. The van der Waals surface area contributed by atoms with Crippen LogP contribution < -0.4 is 15.8 Å². The molecule has 0 spiro atoms. The summed E-state index contributed by atoms with van der Waals surface area (Å²) in [5.41, 5.74) is 8.53. The molecule has 0 saturated carbocycles. The van der Waals surface area contributed by atoms with Crippen molar-refractivity contribution in [3.63, 3.8) is 0 Å². The highest BCUT2D eigenvalue weighted by Crippen LogP contribution is 2.16. The number of nitrogens with zero attached hydrogens (tertiary/aromatic N) is 1. The zero-order chi connectivity index (χ0) is 27.3. The van der Waals surface area contributed by atoms with Crippen LogP contribution in [0.2, 0.25) is 0 Å². The lowest BCUT2D eigenvalue weighted by Gasteiger charge is -2.25. The third-order valence-electron chi connectivity index (χ3n) is 5.83. The number of hydrogen-bond donors (Lipinski definition) is 2.